The third kappa shape index (κ3) is 50.8. The summed E-state index contributed by atoms with van der Waals surface area (Å²) in [6.07, 6.45) is 69.5. The number of aliphatic hydroxyl groups is 2. The Bertz CT molecular complexity index is 1140. The molecule has 0 rings (SSSR count). The minimum Gasteiger partial charge on any atom is -0.466 e. The number of nitrogens with one attached hydrogen (secondary N) is 1. The number of allylic oxidation sites excluding steroid dienone is 9. The van der Waals surface area contributed by atoms with Gasteiger partial charge in [0.05, 0.1) is 25.4 Å². The molecule has 3 N–H and O–H groups in total. The standard InChI is InChI=1S/C59H107NO5/c1-3-5-7-9-11-13-15-17-24-27-31-35-39-43-47-51-57(62)56(55-61)60-58(63)52-48-44-40-36-32-28-25-22-20-19-21-23-26-30-34-38-42-46-50-54-65-59(64)53-49-45-41-37-33-29-18-16-14-12-10-8-6-4-2/h10,12,16,18,23,26,30,34,47,51,56-57,61-62H,3-9,11,13-15,17,19-22,24-25,27-29,31-33,35-46,48-50,52-55H2,1-2H3,(H,60,63)/b12-10-,18-16-,26-23-,34-30-,51-47+. The highest BCUT2D eigenvalue weighted by molar-refractivity contribution is 5.76. The second-order valence-corrected chi connectivity index (χ2v) is 18.9. The third-order valence-corrected chi connectivity index (χ3v) is 12.5. The van der Waals surface area contributed by atoms with Crippen molar-refractivity contribution in [3.63, 3.8) is 0 Å². The lowest BCUT2D eigenvalue weighted by Crippen LogP contribution is -2.45. The number of aliphatic hydroxyl groups excluding tert-OH is 2. The lowest BCUT2D eigenvalue weighted by Gasteiger charge is -2.20. The Morgan fingerprint density at radius 1 is 0.446 bits per heavy atom. The summed E-state index contributed by atoms with van der Waals surface area (Å²) >= 11 is 0. The van der Waals surface area contributed by atoms with Crippen LogP contribution in [0.25, 0.3) is 0 Å². The van der Waals surface area contributed by atoms with Gasteiger partial charge in [-0.15, -0.1) is 0 Å². The van der Waals surface area contributed by atoms with E-state index in [0.29, 0.717) is 19.4 Å². The van der Waals surface area contributed by atoms with E-state index in [-0.39, 0.29) is 18.5 Å². The first-order chi connectivity index (χ1) is 32.0. The number of hydrogen-bond donors (Lipinski definition) is 3. The molecule has 0 radical (unpaired) electrons. The fourth-order valence-corrected chi connectivity index (χ4v) is 8.17. The van der Waals surface area contributed by atoms with Gasteiger partial charge in [0, 0.05) is 12.8 Å². The van der Waals surface area contributed by atoms with Crippen molar-refractivity contribution in [1.29, 1.82) is 0 Å². The zero-order chi connectivity index (χ0) is 47.2. The van der Waals surface area contributed by atoms with E-state index in [4.69, 9.17) is 4.74 Å². The molecule has 0 aliphatic carbocycles. The van der Waals surface area contributed by atoms with Crippen LogP contribution in [0.4, 0.5) is 0 Å². The second kappa shape index (κ2) is 54.2. The minimum atomic E-state index is -0.852. The van der Waals surface area contributed by atoms with Gasteiger partial charge in [0.25, 0.3) is 0 Å². The lowest BCUT2D eigenvalue weighted by atomic mass is 10.0. The average Bonchev–Trinajstić information content (AvgIpc) is 3.31. The monoisotopic (exact) mass is 910 g/mol. The van der Waals surface area contributed by atoms with E-state index >= 15 is 0 Å². The highest BCUT2D eigenvalue weighted by atomic mass is 16.5. The SMILES string of the molecule is CCCC/C=C\C/C=C\CCCCCCCC(=O)OCCCCC/C=C\C=C/CCCCCCCCCCCCC(=O)NC(CO)C(O)/C=C/CCCCCCCCCCCCCCC. The molecule has 0 spiro atoms. The molecule has 2 atom stereocenters. The van der Waals surface area contributed by atoms with Crippen molar-refractivity contribution in [3.05, 3.63) is 60.8 Å². The van der Waals surface area contributed by atoms with E-state index in [9.17, 15) is 19.8 Å². The average molecular weight is 911 g/mol. The van der Waals surface area contributed by atoms with Crippen LogP contribution < -0.4 is 5.32 Å². The van der Waals surface area contributed by atoms with Gasteiger partial charge in [-0.2, -0.15) is 0 Å². The summed E-state index contributed by atoms with van der Waals surface area (Å²) in [5, 5.41) is 23.1. The highest BCUT2D eigenvalue weighted by Gasteiger charge is 2.18. The van der Waals surface area contributed by atoms with Gasteiger partial charge in [-0.05, 0) is 89.9 Å². The summed E-state index contributed by atoms with van der Waals surface area (Å²) in [6.45, 7) is 4.81. The van der Waals surface area contributed by atoms with Gasteiger partial charge in [0.2, 0.25) is 5.91 Å². The van der Waals surface area contributed by atoms with Crippen molar-refractivity contribution in [1.82, 2.24) is 5.32 Å². The lowest BCUT2D eigenvalue weighted by molar-refractivity contribution is -0.143. The first-order valence-electron chi connectivity index (χ1n) is 28.1. The Hall–Kier alpha value is -2.44. The second-order valence-electron chi connectivity index (χ2n) is 18.9. The van der Waals surface area contributed by atoms with Crippen molar-refractivity contribution >= 4 is 11.9 Å². The third-order valence-electron chi connectivity index (χ3n) is 12.5. The smallest absolute Gasteiger partial charge is 0.305 e. The Labute approximate surface area is 403 Å². The maximum atomic E-state index is 12.4. The first kappa shape index (κ1) is 62.6. The molecule has 0 aliphatic heterocycles. The molecule has 378 valence electrons. The number of unbranched alkanes of at least 4 members (excludes halogenated alkanes) is 33. The molecule has 0 heterocycles. The molecule has 0 aromatic heterocycles. The molecule has 0 aromatic carbocycles. The maximum Gasteiger partial charge on any atom is 0.305 e. The van der Waals surface area contributed by atoms with Crippen LogP contribution in [0.15, 0.2) is 60.8 Å². The summed E-state index contributed by atoms with van der Waals surface area (Å²) in [4.78, 5) is 24.5. The molecule has 6 nitrogen and oxygen atoms in total. The molecule has 0 saturated carbocycles. The molecular weight excluding hydrogens is 803 g/mol. The van der Waals surface area contributed by atoms with Crippen LogP contribution in [0.2, 0.25) is 0 Å². The Kier molecular flexibility index (Phi) is 52.1. The Morgan fingerprint density at radius 3 is 1.31 bits per heavy atom. The molecule has 1 amide bonds. The van der Waals surface area contributed by atoms with E-state index < -0.39 is 12.1 Å². The van der Waals surface area contributed by atoms with Gasteiger partial charge in [-0.3, -0.25) is 9.59 Å². The van der Waals surface area contributed by atoms with Crippen LogP contribution in [0.3, 0.4) is 0 Å². The van der Waals surface area contributed by atoms with Crippen LogP contribution in [0, 0.1) is 0 Å². The van der Waals surface area contributed by atoms with Gasteiger partial charge in [-0.1, -0.05) is 235 Å². The number of amides is 1. The molecule has 0 saturated heterocycles. The largest absolute Gasteiger partial charge is 0.466 e. The number of carbonyl (C=O) groups excluding carboxylic acids is 2. The number of ether oxygens (including phenoxy) is 1. The predicted octanol–water partition coefficient (Wildman–Crippen LogP) is 17.2. The number of esters is 1. The fourth-order valence-electron chi connectivity index (χ4n) is 8.17. The molecule has 2 unspecified atom stereocenters. The van der Waals surface area contributed by atoms with E-state index in [1.54, 1.807) is 6.08 Å². The van der Waals surface area contributed by atoms with E-state index in [1.165, 1.54) is 161 Å². The Morgan fingerprint density at radius 2 is 0.831 bits per heavy atom. The normalized spacial score (nSPS) is 13.1. The number of carbonyl (C=O) groups is 2. The summed E-state index contributed by atoms with van der Waals surface area (Å²) < 4.78 is 5.44. The molecule has 65 heavy (non-hydrogen) atoms. The zero-order valence-corrected chi connectivity index (χ0v) is 43.0. The number of rotatable bonds is 51. The summed E-state index contributed by atoms with van der Waals surface area (Å²) in [7, 11) is 0. The molecule has 0 aliphatic rings. The van der Waals surface area contributed by atoms with Crippen molar-refractivity contribution in [2.24, 2.45) is 0 Å². The fraction of sp³-hybridized carbons (Fsp3) is 0.797. The van der Waals surface area contributed by atoms with Gasteiger partial charge >= 0.3 is 5.97 Å². The van der Waals surface area contributed by atoms with Crippen LogP contribution in [0.1, 0.15) is 277 Å². The highest BCUT2D eigenvalue weighted by Crippen LogP contribution is 2.15. The van der Waals surface area contributed by atoms with Crippen LogP contribution in [-0.4, -0.2) is 47.4 Å². The van der Waals surface area contributed by atoms with Crippen molar-refractivity contribution in [3.8, 4) is 0 Å². The van der Waals surface area contributed by atoms with Gasteiger partial charge in [0.15, 0.2) is 0 Å². The molecular formula is C59H107NO5. The quantitative estimate of drug-likeness (QED) is 0.0245. The van der Waals surface area contributed by atoms with Gasteiger partial charge < -0.3 is 20.3 Å². The van der Waals surface area contributed by atoms with E-state index in [0.717, 1.165) is 89.9 Å². The molecule has 0 bridgehead atoms. The van der Waals surface area contributed by atoms with E-state index in [1.807, 2.05) is 6.08 Å². The van der Waals surface area contributed by atoms with Gasteiger partial charge in [0.1, 0.15) is 0 Å². The van der Waals surface area contributed by atoms with E-state index in [2.05, 4.69) is 67.8 Å². The predicted molar refractivity (Wildman–Crippen MR) is 282 cm³/mol. The van der Waals surface area contributed by atoms with Crippen LogP contribution in [-0.2, 0) is 14.3 Å². The van der Waals surface area contributed by atoms with Gasteiger partial charge in [-0.25, -0.2) is 0 Å². The van der Waals surface area contributed by atoms with Crippen molar-refractivity contribution in [2.45, 2.75) is 289 Å². The molecule has 0 aromatic rings. The maximum absolute atomic E-state index is 12.4. The van der Waals surface area contributed by atoms with Crippen LogP contribution >= 0.6 is 0 Å². The first-order valence-corrected chi connectivity index (χ1v) is 28.1. The van der Waals surface area contributed by atoms with Crippen molar-refractivity contribution in [2.75, 3.05) is 13.2 Å². The van der Waals surface area contributed by atoms with Crippen LogP contribution in [0.5, 0.6) is 0 Å². The Balaban J connectivity index is 3.53. The zero-order valence-electron chi connectivity index (χ0n) is 43.0. The summed E-state index contributed by atoms with van der Waals surface area (Å²) in [5.74, 6) is -0.109. The topological polar surface area (TPSA) is 95.9 Å². The summed E-state index contributed by atoms with van der Waals surface area (Å²) in [5.41, 5.74) is 0. The number of hydrogen-bond acceptors (Lipinski definition) is 5. The van der Waals surface area contributed by atoms with Crippen molar-refractivity contribution < 1.29 is 24.5 Å². The molecule has 6 heteroatoms. The molecule has 0 fully saturated rings. The summed E-state index contributed by atoms with van der Waals surface area (Å²) in [6, 6.07) is -0.637. The minimum absolute atomic E-state index is 0.0297.